The second kappa shape index (κ2) is 5.84. The lowest BCUT2D eigenvalue weighted by Crippen LogP contribution is -2.17. The van der Waals surface area contributed by atoms with E-state index in [1.807, 2.05) is 0 Å². The molecule has 6 heteroatoms. The fourth-order valence-corrected chi connectivity index (χ4v) is 3.11. The zero-order valence-corrected chi connectivity index (χ0v) is 12.3. The predicted molar refractivity (Wildman–Crippen MR) is 85.5 cm³/mol. The van der Waals surface area contributed by atoms with E-state index in [1.54, 1.807) is 6.07 Å². The van der Waals surface area contributed by atoms with E-state index in [-0.39, 0.29) is 35.8 Å². The minimum absolute atomic E-state index is 0.0896. The second-order valence-corrected chi connectivity index (χ2v) is 5.55. The lowest BCUT2D eigenvalue weighted by atomic mass is 9.96. The first kappa shape index (κ1) is 8.82. The summed E-state index contributed by atoms with van der Waals surface area (Å²) < 4.78 is 50.2. The number of nitrogens with one attached hydrogen (secondary N) is 1. The molecule has 0 saturated heterocycles. The number of hydrogen-bond acceptors (Lipinski definition) is 4. The number of nitrogens with zero attached hydrogens (tertiary/aromatic N) is 5. The van der Waals surface area contributed by atoms with Crippen LogP contribution in [-0.2, 0) is 0 Å². The van der Waals surface area contributed by atoms with Crippen molar-refractivity contribution >= 4 is 0 Å². The van der Waals surface area contributed by atoms with Crippen LogP contribution in [0.15, 0.2) is 30.9 Å². The number of nitriles is 1. The Hall–Kier alpha value is -2.68. The van der Waals surface area contributed by atoms with Gasteiger partial charge < -0.3 is 4.98 Å². The first-order valence-corrected chi connectivity index (χ1v) is 7.49. The van der Waals surface area contributed by atoms with Gasteiger partial charge in [0.15, 0.2) is 5.82 Å². The molecule has 0 bridgehead atoms. The lowest BCUT2D eigenvalue weighted by molar-refractivity contribution is 0.315. The van der Waals surface area contributed by atoms with Gasteiger partial charge >= 0.3 is 0 Å². The molecule has 0 aromatic carbocycles. The molecule has 2 aliphatic heterocycles. The zero-order chi connectivity index (χ0) is 21.0. The average molecular weight is 312 g/mol. The summed E-state index contributed by atoms with van der Waals surface area (Å²) >= 11 is 0. The summed E-state index contributed by atoms with van der Waals surface area (Å²) in [7, 11) is 0. The van der Waals surface area contributed by atoms with Gasteiger partial charge in [-0.15, -0.1) is 0 Å². The Morgan fingerprint density at radius 1 is 1.52 bits per heavy atom. The van der Waals surface area contributed by atoms with Crippen molar-refractivity contribution in [3.05, 3.63) is 30.9 Å². The summed E-state index contributed by atoms with van der Waals surface area (Å²) in [5.41, 5.74) is 0.953. The zero-order valence-electron chi connectivity index (χ0n) is 18.3. The first-order chi connectivity index (χ1) is 13.7. The lowest BCUT2D eigenvalue weighted by Gasteiger charge is -2.21. The van der Waals surface area contributed by atoms with Crippen molar-refractivity contribution < 1.29 is 8.22 Å². The van der Waals surface area contributed by atoms with Crippen LogP contribution in [0.4, 0.5) is 0 Å². The van der Waals surface area contributed by atoms with E-state index in [0.29, 0.717) is 24.1 Å². The van der Waals surface area contributed by atoms with Crippen LogP contribution in [0, 0.1) is 17.2 Å². The Morgan fingerprint density at radius 3 is 3.22 bits per heavy atom. The largest absolute Gasteiger partial charge is 0.345 e. The minimum atomic E-state index is -2.47. The van der Waals surface area contributed by atoms with Crippen molar-refractivity contribution in [2.24, 2.45) is 5.92 Å². The van der Waals surface area contributed by atoms with Crippen LogP contribution in [0.3, 0.4) is 0 Å². The van der Waals surface area contributed by atoms with Crippen LogP contribution in [0.1, 0.15) is 46.3 Å². The number of fused-ring (bicyclic) bond motifs is 1. The molecule has 3 heterocycles. The highest BCUT2D eigenvalue weighted by Gasteiger charge is 2.27. The van der Waals surface area contributed by atoms with Crippen LogP contribution in [0.25, 0.3) is 22.6 Å². The van der Waals surface area contributed by atoms with E-state index in [1.165, 1.54) is 17.1 Å². The van der Waals surface area contributed by atoms with Crippen LogP contribution in [-0.4, -0.2) is 24.7 Å². The molecular formula is C17H18N6. The smallest absolute Gasteiger partial charge is 0.162 e. The van der Waals surface area contributed by atoms with E-state index in [2.05, 4.69) is 20.1 Å². The highest BCUT2D eigenvalue weighted by atomic mass is 15.3. The van der Waals surface area contributed by atoms with Crippen LogP contribution in [0.2, 0.25) is 0 Å². The summed E-state index contributed by atoms with van der Waals surface area (Å²) in [5.74, 6) is -0.281. The normalized spacial score (nSPS) is 22.4. The molecule has 1 aromatic rings. The molecule has 1 N–H and O–H groups in total. The summed E-state index contributed by atoms with van der Waals surface area (Å²) in [4.78, 5) is 10.5. The number of aromatic nitrogens is 5. The molecule has 3 aliphatic rings. The fraction of sp³-hybridized carbons (Fsp3) is 0.412. The second-order valence-electron chi connectivity index (χ2n) is 5.55. The van der Waals surface area contributed by atoms with Gasteiger partial charge in [-0.1, -0.05) is 12.8 Å². The van der Waals surface area contributed by atoms with Gasteiger partial charge in [0.2, 0.25) is 0 Å². The monoisotopic (exact) mass is 312 g/mol. The highest BCUT2D eigenvalue weighted by molar-refractivity contribution is 5.77. The van der Waals surface area contributed by atoms with Crippen molar-refractivity contribution in [2.75, 3.05) is 0 Å². The Balaban J connectivity index is 1.87. The standard InChI is InChI=1S/C17H18N6/c18-7-5-15(12-3-1-2-4-12)23-10-13(9-22-23)16-14-6-8-19-17(14)21-11-20-16/h6,8-12,15H,1-5H2,(H,19,20,21)/t15-/m0/s1/i5D2,6D,8D,11D,15D. The molecule has 1 aromatic heterocycles. The number of H-pyrrole nitrogens is 1. The summed E-state index contributed by atoms with van der Waals surface area (Å²) in [6, 6.07) is -0.432. The van der Waals surface area contributed by atoms with Gasteiger partial charge in [0.05, 0.1) is 40.8 Å². The van der Waals surface area contributed by atoms with Crippen LogP contribution < -0.4 is 0 Å². The van der Waals surface area contributed by atoms with Crippen molar-refractivity contribution in [3.63, 3.8) is 0 Å². The molecule has 116 valence electrons. The Labute approximate surface area is 143 Å². The molecule has 0 spiro atoms. The SMILES string of the molecule is [2H]c1nc2nc([2H])c([2H])c-2c(-c2cnn([C@]([2H])(C3CCCC3)C([2H])([2H])C#N)c2)[nH]1. The summed E-state index contributed by atoms with van der Waals surface area (Å²) in [5, 5.41) is 13.6. The van der Waals surface area contributed by atoms with Gasteiger partial charge in [-0.25, -0.2) is 9.97 Å². The van der Waals surface area contributed by atoms with E-state index < -0.39 is 12.4 Å². The predicted octanol–water partition coefficient (Wildman–Crippen LogP) is 3.42. The Bertz CT molecular complexity index is 1080. The van der Waals surface area contributed by atoms with E-state index in [0.717, 1.165) is 12.8 Å². The fourth-order valence-electron chi connectivity index (χ4n) is 3.11. The third-order valence-corrected chi connectivity index (χ3v) is 4.20. The molecule has 1 aliphatic carbocycles. The molecule has 1 fully saturated rings. The van der Waals surface area contributed by atoms with Gasteiger partial charge in [0.1, 0.15) is 1.37 Å². The van der Waals surface area contributed by atoms with E-state index in [4.69, 9.17) is 8.22 Å². The average Bonchev–Trinajstić information content (AvgIpc) is 3.42. The number of aromatic amines is 1. The van der Waals surface area contributed by atoms with E-state index >= 15 is 0 Å². The molecule has 1 saturated carbocycles. The molecule has 0 radical (unpaired) electrons. The van der Waals surface area contributed by atoms with Gasteiger partial charge in [0, 0.05) is 26.2 Å². The third-order valence-electron chi connectivity index (χ3n) is 4.20. The number of hydrogen-bond donors (Lipinski definition) is 1. The maximum absolute atomic E-state index is 9.41. The van der Waals surface area contributed by atoms with Gasteiger partial charge in [-0.2, -0.15) is 10.4 Å². The molecule has 6 nitrogen and oxygen atoms in total. The van der Waals surface area contributed by atoms with Crippen LogP contribution in [0.5, 0.6) is 0 Å². The molecule has 0 amide bonds. The van der Waals surface area contributed by atoms with Crippen molar-refractivity contribution in [1.29, 1.82) is 5.26 Å². The maximum atomic E-state index is 9.41. The molecule has 23 heavy (non-hydrogen) atoms. The third kappa shape index (κ3) is 2.48. The highest BCUT2D eigenvalue weighted by Crippen LogP contribution is 2.37. The number of rotatable bonds is 4. The Morgan fingerprint density at radius 2 is 2.39 bits per heavy atom. The Kier molecular flexibility index (Phi) is 2.24. The quantitative estimate of drug-likeness (QED) is 0.800. The molecular weight excluding hydrogens is 288 g/mol. The molecule has 1 atom stereocenters. The summed E-state index contributed by atoms with van der Waals surface area (Å²) in [6.45, 7) is 0. The molecule has 0 unspecified atom stereocenters. The van der Waals surface area contributed by atoms with Crippen molar-refractivity contribution in [1.82, 2.24) is 24.7 Å². The van der Waals surface area contributed by atoms with Gasteiger partial charge in [-0.3, -0.25) is 4.68 Å². The maximum Gasteiger partial charge on any atom is 0.162 e. The van der Waals surface area contributed by atoms with Gasteiger partial charge in [-0.05, 0) is 24.8 Å². The minimum Gasteiger partial charge on any atom is -0.345 e. The first-order valence-electron chi connectivity index (χ1n) is 10.5. The van der Waals surface area contributed by atoms with Crippen molar-refractivity contribution in [2.45, 2.75) is 38.1 Å². The van der Waals surface area contributed by atoms with Gasteiger partial charge in [0.25, 0.3) is 0 Å². The van der Waals surface area contributed by atoms with Crippen molar-refractivity contribution in [3.8, 4) is 28.7 Å². The molecule has 4 rings (SSSR count). The summed E-state index contributed by atoms with van der Waals surface area (Å²) in [6.07, 6.45) is 2.90. The van der Waals surface area contributed by atoms with Crippen LogP contribution >= 0.6 is 0 Å². The topological polar surface area (TPSA) is 83.2 Å². The van der Waals surface area contributed by atoms with E-state index in [9.17, 15) is 5.26 Å².